The summed E-state index contributed by atoms with van der Waals surface area (Å²) in [5, 5.41) is 9.35. The molecule has 0 aliphatic carbocycles. The second-order valence-electron chi connectivity index (χ2n) is 7.04. The summed E-state index contributed by atoms with van der Waals surface area (Å²) < 4.78 is 43.2. The standard InChI is InChI=1S/C17H20F3NO4/c1-16(2,3)25-15(24)21-9-11(8-13(21)14(22)23)10-4-6-12(7-5-10)17(18,19)20/h4-7,11,13H,8-9H2,1-3H3,(H,22,23)/t11-,13-/m0/s1. The Morgan fingerprint density at radius 1 is 1.16 bits per heavy atom. The summed E-state index contributed by atoms with van der Waals surface area (Å²) >= 11 is 0. The number of likely N-dealkylation sites (tertiary alicyclic amines) is 1. The third kappa shape index (κ3) is 4.64. The van der Waals surface area contributed by atoms with E-state index < -0.39 is 35.4 Å². The molecule has 1 aliphatic rings. The van der Waals surface area contributed by atoms with Gasteiger partial charge in [0.2, 0.25) is 0 Å². The van der Waals surface area contributed by atoms with E-state index in [1.807, 2.05) is 0 Å². The SMILES string of the molecule is CC(C)(C)OC(=O)N1C[C@@H](c2ccc(C(F)(F)F)cc2)C[C@H]1C(=O)O. The first-order valence-electron chi connectivity index (χ1n) is 7.78. The number of alkyl halides is 3. The van der Waals surface area contributed by atoms with Crippen molar-refractivity contribution in [2.45, 2.75) is 50.9 Å². The Morgan fingerprint density at radius 2 is 1.72 bits per heavy atom. The van der Waals surface area contributed by atoms with Gasteiger partial charge in [0.1, 0.15) is 11.6 Å². The maximum absolute atomic E-state index is 12.6. The molecule has 1 heterocycles. The lowest BCUT2D eigenvalue weighted by Crippen LogP contribution is -2.43. The largest absolute Gasteiger partial charge is 0.480 e. The van der Waals surface area contributed by atoms with Gasteiger partial charge < -0.3 is 9.84 Å². The maximum atomic E-state index is 12.6. The molecule has 1 N–H and O–H groups in total. The van der Waals surface area contributed by atoms with Gasteiger partial charge in [0.05, 0.1) is 5.56 Å². The Morgan fingerprint density at radius 3 is 2.16 bits per heavy atom. The summed E-state index contributed by atoms with van der Waals surface area (Å²) in [5.74, 6) is -1.53. The van der Waals surface area contributed by atoms with Crippen LogP contribution in [0.25, 0.3) is 0 Å². The van der Waals surface area contributed by atoms with Crippen molar-refractivity contribution in [2.75, 3.05) is 6.54 Å². The van der Waals surface area contributed by atoms with E-state index in [4.69, 9.17) is 4.74 Å². The van der Waals surface area contributed by atoms with Gasteiger partial charge in [-0.05, 0) is 44.9 Å². The number of carboxylic acids is 1. The monoisotopic (exact) mass is 359 g/mol. The molecule has 5 nitrogen and oxygen atoms in total. The molecule has 138 valence electrons. The third-order valence-electron chi connectivity index (χ3n) is 3.92. The number of hydrogen-bond donors (Lipinski definition) is 1. The number of nitrogens with zero attached hydrogens (tertiary/aromatic N) is 1. The van der Waals surface area contributed by atoms with Crippen LogP contribution in [0, 0.1) is 0 Å². The Bertz CT molecular complexity index is 649. The summed E-state index contributed by atoms with van der Waals surface area (Å²) in [6.07, 6.45) is -5.05. The molecule has 0 aromatic heterocycles. The molecule has 8 heteroatoms. The van der Waals surface area contributed by atoms with Crippen LogP contribution < -0.4 is 0 Å². The average Bonchev–Trinajstić information content (AvgIpc) is 2.90. The highest BCUT2D eigenvalue weighted by atomic mass is 19.4. The van der Waals surface area contributed by atoms with Crippen LogP contribution in [0.4, 0.5) is 18.0 Å². The molecule has 0 bridgehead atoms. The molecule has 0 unspecified atom stereocenters. The zero-order chi connectivity index (χ0) is 19.0. The average molecular weight is 359 g/mol. The van der Waals surface area contributed by atoms with E-state index in [1.165, 1.54) is 12.1 Å². The first-order valence-corrected chi connectivity index (χ1v) is 7.78. The fraction of sp³-hybridized carbons (Fsp3) is 0.529. The molecule has 2 rings (SSSR count). The van der Waals surface area contributed by atoms with Crippen molar-refractivity contribution in [1.82, 2.24) is 4.90 Å². The molecule has 1 fully saturated rings. The van der Waals surface area contributed by atoms with E-state index >= 15 is 0 Å². The van der Waals surface area contributed by atoms with Crippen molar-refractivity contribution in [2.24, 2.45) is 0 Å². The molecule has 1 aromatic carbocycles. The molecule has 1 saturated heterocycles. The minimum absolute atomic E-state index is 0.0806. The number of rotatable bonds is 2. The number of aliphatic carboxylic acids is 1. The van der Waals surface area contributed by atoms with Gasteiger partial charge in [-0.2, -0.15) is 13.2 Å². The smallest absolute Gasteiger partial charge is 0.416 e. The molecular formula is C17H20F3NO4. The summed E-state index contributed by atoms with van der Waals surface area (Å²) in [6, 6.07) is 3.50. The van der Waals surface area contributed by atoms with Gasteiger partial charge in [0.25, 0.3) is 0 Å². The van der Waals surface area contributed by atoms with Crippen LogP contribution in [0.1, 0.15) is 44.2 Å². The summed E-state index contributed by atoms with van der Waals surface area (Å²) in [5.41, 5.74) is -0.981. The van der Waals surface area contributed by atoms with E-state index in [0.29, 0.717) is 5.56 Å². The van der Waals surface area contributed by atoms with Crippen molar-refractivity contribution < 1.29 is 32.6 Å². The molecule has 1 aromatic rings. The van der Waals surface area contributed by atoms with E-state index in [1.54, 1.807) is 20.8 Å². The third-order valence-corrected chi connectivity index (χ3v) is 3.92. The Hall–Kier alpha value is -2.25. The highest BCUT2D eigenvalue weighted by molar-refractivity contribution is 5.81. The van der Waals surface area contributed by atoms with Gasteiger partial charge in [0.15, 0.2) is 0 Å². The van der Waals surface area contributed by atoms with E-state index in [-0.39, 0.29) is 18.9 Å². The topological polar surface area (TPSA) is 66.8 Å². The van der Waals surface area contributed by atoms with Crippen molar-refractivity contribution in [3.63, 3.8) is 0 Å². The molecule has 25 heavy (non-hydrogen) atoms. The van der Waals surface area contributed by atoms with Gasteiger partial charge in [-0.3, -0.25) is 4.90 Å². The number of carboxylic acid groups (broad SMARTS) is 1. The van der Waals surface area contributed by atoms with Crippen LogP contribution in [0.5, 0.6) is 0 Å². The molecule has 2 atom stereocenters. The molecule has 0 spiro atoms. The second-order valence-corrected chi connectivity index (χ2v) is 7.04. The lowest BCUT2D eigenvalue weighted by Gasteiger charge is -2.26. The minimum atomic E-state index is -4.43. The van der Waals surface area contributed by atoms with Crippen LogP contribution in [0.2, 0.25) is 0 Å². The molecule has 0 saturated carbocycles. The number of carbonyl (C=O) groups excluding carboxylic acids is 1. The van der Waals surface area contributed by atoms with Gasteiger partial charge >= 0.3 is 18.2 Å². The number of benzene rings is 1. The lowest BCUT2D eigenvalue weighted by atomic mass is 9.95. The highest BCUT2D eigenvalue weighted by Crippen LogP contribution is 2.35. The normalized spacial score (nSPS) is 21.3. The number of carbonyl (C=O) groups is 2. The van der Waals surface area contributed by atoms with Crippen LogP contribution in [0.3, 0.4) is 0 Å². The first kappa shape index (κ1) is 19.1. The minimum Gasteiger partial charge on any atom is -0.480 e. The van der Waals surface area contributed by atoms with Crippen LogP contribution in [0.15, 0.2) is 24.3 Å². The Labute approximate surface area is 143 Å². The second kappa shape index (κ2) is 6.57. The van der Waals surface area contributed by atoms with Crippen LogP contribution in [-0.2, 0) is 15.7 Å². The molecule has 0 radical (unpaired) electrons. The Balaban J connectivity index is 2.19. The summed E-state index contributed by atoms with van der Waals surface area (Å²) in [6.45, 7) is 5.09. The summed E-state index contributed by atoms with van der Waals surface area (Å²) in [7, 11) is 0. The van der Waals surface area contributed by atoms with Gasteiger partial charge in [-0.1, -0.05) is 12.1 Å². The molecule has 1 amide bonds. The Kier molecular flexibility index (Phi) is 5.02. The van der Waals surface area contributed by atoms with Gasteiger partial charge in [0, 0.05) is 12.5 Å². The number of hydrogen-bond acceptors (Lipinski definition) is 3. The fourth-order valence-corrected chi connectivity index (χ4v) is 2.78. The van der Waals surface area contributed by atoms with Crippen molar-refractivity contribution in [3.8, 4) is 0 Å². The van der Waals surface area contributed by atoms with Gasteiger partial charge in [-0.15, -0.1) is 0 Å². The lowest BCUT2D eigenvalue weighted by molar-refractivity contribution is -0.142. The van der Waals surface area contributed by atoms with Crippen molar-refractivity contribution in [1.29, 1.82) is 0 Å². The molecular weight excluding hydrogens is 339 g/mol. The zero-order valence-electron chi connectivity index (χ0n) is 14.1. The van der Waals surface area contributed by atoms with Crippen LogP contribution in [-0.4, -0.2) is 40.3 Å². The van der Waals surface area contributed by atoms with Crippen LogP contribution >= 0.6 is 0 Å². The van der Waals surface area contributed by atoms with Crippen molar-refractivity contribution in [3.05, 3.63) is 35.4 Å². The first-order chi connectivity index (χ1) is 11.4. The highest BCUT2D eigenvalue weighted by Gasteiger charge is 2.42. The molecule has 1 aliphatic heterocycles. The van der Waals surface area contributed by atoms with E-state index in [0.717, 1.165) is 17.0 Å². The quantitative estimate of drug-likeness (QED) is 0.870. The van der Waals surface area contributed by atoms with E-state index in [9.17, 15) is 27.9 Å². The van der Waals surface area contributed by atoms with Crippen molar-refractivity contribution >= 4 is 12.1 Å². The predicted octanol–water partition coefficient (Wildman–Crippen LogP) is 3.88. The number of ether oxygens (including phenoxy) is 1. The summed E-state index contributed by atoms with van der Waals surface area (Å²) in [4.78, 5) is 24.8. The zero-order valence-corrected chi connectivity index (χ0v) is 14.1. The number of halogens is 3. The predicted molar refractivity (Wildman–Crippen MR) is 83.2 cm³/mol. The number of amides is 1. The van der Waals surface area contributed by atoms with E-state index in [2.05, 4.69) is 0 Å². The fourth-order valence-electron chi connectivity index (χ4n) is 2.78. The maximum Gasteiger partial charge on any atom is 0.416 e. The van der Waals surface area contributed by atoms with Gasteiger partial charge in [-0.25, -0.2) is 9.59 Å².